The lowest BCUT2D eigenvalue weighted by Crippen LogP contribution is -2.52. The summed E-state index contributed by atoms with van der Waals surface area (Å²) in [5.41, 5.74) is -0.642. The number of nitrogens with one attached hydrogen (secondary N) is 1. The molecule has 1 heterocycles. The zero-order valence-corrected chi connectivity index (χ0v) is 8.84. The lowest BCUT2D eigenvalue weighted by atomic mass is 9.92. The Morgan fingerprint density at radius 2 is 2.31 bits per heavy atom. The Morgan fingerprint density at radius 1 is 1.62 bits per heavy atom. The standard InChI is InChI=1S/C10H21NO2/c1-8(2)13-7-10(12)5-4-9(3)11-6-10/h8-9,11-12H,4-7H2,1-3H3. The summed E-state index contributed by atoms with van der Waals surface area (Å²) in [6.07, 6.45) is 2.06. The molecule has 78 valence electrons. The molecule has 3 heteroatoms. The number of hydrogen-bond donors (Lipinski definition) is 2. The first-order valence-electron chi connectivity index (χ1n) is 5.09. The first kappa shape index (κ1) is 11.0. The molecule has 1 fully saturated rings. The van der Waals surface area contributed by atoms with Gasteiger partial charge in [0.1, 0.15) is 5.60 Å². The molecule has 0 aromatic heterocycles. The van der Waals surface area contributed by atoms with Crippen LogP contribution in [0.25, 0.3) is 0 Å². The van der Waals surface area contributed by atoms with Crippen LogP contribution in [-0.4, -0.2) is 36.0 Å². The van der Waals surface area contributed by atoms with E-state index in [1.54, 1.807) is 0 Å². The minimum atomic E-state index is -0.642. The van der Waals surface area contributed by atoms with E-state index >= 15 is 0 Å². The van der Waals surface area contributed by atoms with Crippen LogP contribution < -0.4 is 5.32 Å². The van der Waals surface area contributed by atoms with E-state index in [-0.39, 0.29) is 6.10 Å². The van der Waals surface area contributed by atoms with Crippen LogP contribution in [0, 0.1) is 0 Å². The van der Waals surface area contributed by atoms with E-state index in [1.807, 2.05) is 13.8 Å². The maximum Gasteiger partial charge on any atom is 0.100 e. The van der Waals surface area contributed by atoms with E-state index in [0.717, 1.165) is 12.8 Å². The highest BCUT2D eigenvalue weighted by atomic mass is 16.5. The summed E-state index contributed by atoms with van der Waals surface area (Å²) in [5.74, 6) is 0. The topological polar surface area (TPSA) is 41.5 Å². The molecule has 0 aromatic rings. The molecule has 3 nitrogen and oxygen atoms in total. The highest BCUT2D eigenvalue weighted by molar-refractivity contribution is 4.88. The molecule has 1 aliphatic heterocycles. The number of rotatable bonds is 3. The number of ether oxygens (including phenoxy) is 1. The van der Waals surface area contributed by atoms with Crippen molar-refractivity contribution in [1.29, 1.82) is 0 Å². The second-order valence-corrected chi connectivity index (χ2v) is 4.40. The van der Waals surface area contributed by atoms with Crippen LogP contribution in [0.5, 0.6) is 0 Å². The quantitative estimate of drug-likeness (QED) is 0.690. The molecule has 13 heavy (non-hydrogen) atoms. The maximum absolute atomic E-state index is 10.1. The van der Waals surface area contributed by atoms with Crippen molar-refractivity contribution >= 4 is 0 Å². The fourth-order valence-corrected chi connectivity index (χ4v) is 1.48. The Hall–Kier alpha value is -0.120. The fourth-order valence-electron chi connectivity index (χ4n) is 1.48. The Balaban J connectivity index is 2.30. The molecule has 0 bridgehead atoms. The largest absolute Gasteiger partial charge is 0.386 e. The molecule has 1 aliphatic rings. The van der Waals surface area contributed by atoms with Crippen molar-refractivity contribution in [2.45, 2.75) is 51.4 Å². The van der Waals surface area contributed by atoms with Crippen LogP contribution in [0.4, 0.5) is 0 Å². The van der Waals surface area contributed by atoms with Gasteiger partial charge in [-0.1, -0.05) is 0 Å². The van der Waals surface area contributed by atoms with E-state index in [1.165, 1.54) is 0 Å². The number of aliphatic hydroxyl groups is 1. The molecule has 0 spiro atoms. The van der Waals surface area contributed by atoms with Gasteiger partial charge in [-0.3, -0.25) is 0 Å². The zero-order chi connectivity index (χ0) is 9.90. The second kappa shape index (κ2) is 4.40. The Kier molecular flexibility index (Phi) is 3.71. The van der Waals surface area contributed by atoms with Gasteiger partial charge in [0.15, 0.2) is 0 Å². The monoisotopic (exact) mass is 187 g/mol. The van der Waals surface area contributed by atoms with Gasteiger partial charge in [-0.25, -0.2) is 0 Å². The van der Waals surface area contributed by atoms with Crippen molar-refractivity contribution in [3.05, 3.63) is 0 Å². The second-order valence-electron chi connectivity index (χ2n) is 4.40. The molecule has 2 atom stereocenters. The third-order valence-electron chi connectivity index (χ3n) is 2.51. The van der Waals surface area contributed by atoms with Gasteiger partial charge in [0.05, 0.1) is 12.7 Å². The van der Waals surface area contributed by atoms with Crippen LogP contribution in [-0.2, 0) is 4.74 Å². The number of β-amino-alcohol motifs (C(OH)–C–C–N with tert-alkyl or cyclic N) is 1. The average Bonchev–Trinajstić information content (AvgIpc) is 2.08. The van der Waals surface area contributed by atoms with Crippen molar-refractivity contribution in [2.24, 2.45) is 0 Å². The lowest BCUT2D eigenvalue weighted by Gasteiger charge is -2.35. The van der Waals surface area contributed by atoms with Gasteiger partial charge in [0, 0.05) is 12.6 Å². The fraction of sp³-hybridized carbons (Fsp3) is 1.00. The summed E-state index contributed by atoms with van der Waals surface area (Å²) in [6, 6.07) is 0.527. The third kappa shape index (κ3) is 3.63. The summed E-state index contributed by atoms with van der Waals surface area (Å²) in [4.78, 5) is 0. The summed E-state index contributed by atoms with van der Waals surface area (Å²) in [7, 11) is 0. The minimum Gasteiger partial charge on any atom is -0.386 e. The molecule has 1 saturated heterocycles. The first-order chi connectivity index (χ1) is 6.02. The smallest absolute Gasteiger partial charge is 0.100 e. The van der Waals surface area contributed by atoms with Crippen LogP contribution in [0.15, 0.2) is 0 Å². The highest BCUT2D eigenvalue weighted by Crippen LogP contribution is 2.19. The Morgan fingerprint density at radius 3 is 2.77 bits per heavy atom. The van der Waals surface area contributed by atoms with Gasteiger partial charge in [0.2, 0.25) is 0 Å². The lowest BCUT2D eigenvalue weighted by molar-refractivity contribution is -0.0793. The molecule has 0 aliphatic carbocycles. The van der Waals surface area contributed by atoms with E-state index < -0.39 is 5.60 Å². The van der Waals surface area contributed by atoms with E-state index in [9.17, 15) is 5.11 Å². The van der Waals surface area contributed by atoms with Gasteiger partial charge in [-0.05, 0) is 33.6 Å². The summed E-state index contributed by atoms with van der Waals surface area (Å²) in [5, 5.41) is 13.3. The van der Waals surface area contributed by atoms with Crippen molar-refractivity contribution in [2.75, 3.05) is 13.2 Å². The van der Waals surface area contributed by atoms with Gasteiger partial charge >= 0.3 is 0 Å². The molecule has 0 radical (unpaired) electrons. The highest BCUT2D eigenvalue weighted by Gasteiger charge is 2.31. The van der Waals surface area contributed by atoms with E-state index in [0.29, 0.717) is 19.2 Å². The first-order valence-corrected chi connectivity index (χ1v) is 5.09. The van der Waals surface area contributed by atoms with Gasteiger partial charge < -0.3 is 15.2 Å². The Labute approximate surface area is 80.5 Å². The molecule has 1 rings (SSSR count). The Bertz CT molecular complexity index is 151. The van der Waals surface area contributed by atoms with Crippen LogP contribution in [0.3, 0.4) is 0 Å². The normalized spacial score (nSPS) is 35.3. The summed E-state index contributed by atoms with van der Waals surface area (Å²) >= 11 is 0. The van der Waals surface area contributed by atoms with Crippen molar-refractivity contribution in [3.8, 4) is 0 Å². The van der Waals surface area contributed by atoms with Gasteiger partial charge in [-0.2, -0.15) is 0 Å². The molecular formula is C10H21NO2. The molecule has 0 saturated carbocycles. The van der Waals surface area contributed by atoms with Crippen molar-refractivity contribution in [3.63, 3.8) is 0 Å². The minimum absolute atomic E-state index is 0.198. The van der Waals surface area contributed by atoms with Gasteiger partial charge in [-0.15, -0.1) is 0 Å². The number of piperidine rings is 1. The van der Waals surface area contributed by atoms with E-state index in [4.69, 9.17) is 4.74 Å². The van der Waals surface area contributed by atoms with E-state index in [2.05, 4.69) is 12.2 Å². The van der Waals surface area contributed by atoms with Crippen LogP contribution in [0.1, 0.15) is 33.6 Å². The molecule has 0 aromatic carbocycles. The van der Waals surface area contributed by atoms with Gasteiger partial charge in [0.25, 0.3) is 0 Å². The molecule has 0 amide bonds. The van der Waals surface area contributed by atoms with Crippen molar-refractivity contribution < 1.29 is 9.84 Å². The van der Waals surface area contributed by atoms with Crippen LogP contribution >= 0.6 is 0 Å². The molecule has 2 N–H and O–H groups in total. The SMILES string of the molecule is CC1CCC(O)(COC(C)C)CN1. The third-order valence-corrected chi connectivity index (χ3v) is 2.51. The predicted molar refractivity (Wildman–Crippen MR) is 52.7 cm³/mol. The number of hydrogen-bond acceptors (Lipinski definition) is 3. The maximum atomic E-state index is 10.1. The predicted octanol–water partition coefficient (Wildman–Crippen LogP) is 0.914. The summed E-state index contributed by atoms with van der Waals surface area (Å²) in [6.45, 7) is 7.22. The zero-order valence-electron chi connectivity index (χ0n) is 8.84. The molecular weight excluding hydrogens is 166 g/mol. The summed E-state index contributed by atoms with van der Waals surface area (Å²) < 4.78 is 5.43. The molecule has 2 unspecified atom stereocenters. The van der Waals surface area contributed by atoms with Crippen LogP contribution in [0.2, 0.25) is 0 Å². The van der Waals surface area contributed by atoms with Crippen molar-refractivity contribution in [1.82, 2.24) is 5.32 Å². The average molecular weight is 187 g/mol.